The van der Waals surface area contributed by atoms with Gasteiger partial charge in [0.15, 0.2) is 0 Å². The molecule has 0 fully saturated rings. The standard InChI is InChI=1S/C15H24ClNO3/c1-12(13-4-6-14(16)7-5-13)17(2)10-15(18)11-20-9-8-19-3/h4-7,12,15,18H,8-11H2,1-3H3. The van der Waals surface area contributed by atoms with E-state index in [-0.39, 0.29) is 6.04 Å². The van der Waals surface area contributed by atoms with Crippen molar-refractivity contribution in [3.63, 3.8) is 0 Å². The van der Waals surface area contributed by atoms with E-state index in [1.165, 1.54) is 5.56 Å². The van der Waals surface area contributed by atoms with E-state index in [0.29, 0.717) is 26.4 Å². The third-order valence-electron chi connectivity index (χ3n) is 3.25. The van der Waals surface area contributed by atoms with E-state index in [4.69, 9.17) is 21.1 Å². The third kappa shape index (κ3) is 6.20. The Kier molecular flexibility index (Phi) is 8.11. The minimum Gasteiger partial charge on any atom is -0.389 e. The zero-order valence-electron chi connectivity index (χ0n) is 12.4. The number of methoxy groups -OCH3 is 1. The van der Waals surface area contributed by atoms with E-state index in [1.807, 2.05) is 31.3 Å². The molecule has 0 aliphatic rings. The molecule has 0 radical (unpaired) electrons. The maximum absolute atomic E-state index is 9.93. The molecule has 1 aromatic rings. The number of hydrogen-bond donors (Lipinski definition) is 1. The highest BCUT2D eigenvalue weighted by Crippen LogP contribution is 2.20. The highest BCUT2D eigenvalue weighted by atomic mass is 35.5. The molecule has 0 aliphatic heterocycles. The van der Waals surface area contributed by atoms with Gasteiger partial charge < -0.3 is 14.6 Å². The molecule has 114 valence electrons. The molecule has 2 atom stereocenters. The molecule has 1 aromatic carbocycles. The largest absolute Gasteiger partial charge is 0.389 e. The van der Waals surface area contributed by atoms with E-state index in [2.05, 4.69) is 11.8 Å². The molecule has 0 saturated carbocycles. The molecular formula is C15H24ClNO3. The highest BCUT2D eigenvalue weighted by Gasteiger charge is 2.15. The molecule has 20 heavy (non-hydrogen) atoms. The van der Waals surface area contributed by atoms with Crippen molar-refractivity contribution >= 4 is 11.6 Å². The van der Waals surface area contributed by atoms with Gasteiger partial charge in [-0.3, -0.25) is 4.90 Å². The van der Waals surface area contributed by atoms with Crippen LogP contribution >= 0.6 is 11.6 Å². The summed E-state index contributed by atoms with van der Waals surface area (Å²) >= 11 is 5.88. The molecule has 0 spiro atoms. The second-order valence-corrected chi connectivity index (χ2v) is 5.33. The van der Waals surface area contributed by atoms with Crippen LogP contribution in [0.1, 0.15) is 18.5 Å². The Labute approximate surface area is 126 Å². The first kappa shape index (κ1) is 17.4. The Morgan fingerprint density at radius 1 is 1.25 bits per heavy atom. The van der Waals surface area contributed by atoms with Gasteiger partial charge in [-0.1, -0.05) is 23.7 Å². The van der Waals surface area contributed by atoms with Crippen molar-refractivity contribution < 1.29 is 14.6 Å². The summed E-state index contributed by atoms with van der Waals surface area (Å²) in [5.74, 6) is 0. The van der Waals surface area contributed by atoms with Crippen molar-refractivity contribution in [1.82, 2.24) is 4.90 Å². The van der Waals surface area contributed by atoms with Crippen LogP contribution in [0.5, 0.6) is 0 Å². The quantitative estimate of drug-likeness (QED) is 0.711. The summed E-state index contributed by atoms with van der Waals surface area (Å²) in [6.07, 6.45) is -0.508. The number of aliphatic hydroxyl groups excluding tert-OH is 1. The van der Waals surface area contributed by atoms with Crippen molar-refractivity contribution in [2.24, 2.45) is 0 Å². The fourth-order valence-electron chi connectivity index (χ4n) is 1.90. The normalized spacial score (nSPS) is 14.5. The lowest BCUT2D eigenvalue weighted by Crippen LogP contribution is -2.34. The van der Waals surface area contributed by atoms with E-state index in [9.17, 15) is 5.11 Å². The summed E-state index contributed by atoms with van der Waals surface area (Å²) in [5, 5.41) is 10.7. The summed E-state index contributed by atoms with van der Waals surface area (Å²) in [6, 6.07) is 7.98. The first-order valence-corrected chi connectivity index (χ1v) is 7.12. The summed E-state index contributed by atoms with van der Waals surface area (Å²) in [7, 11) is 3.61. The summed E-state index contributed by atoms with van der Waals surface area (Å²) in [4.78, 5) is 2.09. The monoisotopic (exact) mass is 301 g/mol. The lowest BCUT2D eigenvalue weighted by molar-refractivity contribution is -0.00157. The molecule has 1 rings (SSSR count). The van der Waals surface area contributed by atoms with Gasteiger partial charge in [0.1, 0.15) is 0 Å². The summed E-state index contributed by atoms with van der Waals surface area (Å²) < 4.78 is 10.2. The van der Waals surface area contributed by atoms with Crippen molar-refractivity contribution in [2.75, 3.05) is 40.5 Å². The first-order valence-electron chi connectivity index (χ1n) is 6.75. The molecule has 5 heteroatoms. The van der Waals surface area contributed by atoms with Gasteiger partial charge in [-0.2, -0.15) is 0 Å². The lowest BCUT2D eigenvalue weighted by atomic mass is 10.1. The Balaban J connectivity index is 2.37. The number of rotatable bonds is 9. The van der Waals surface area contributed by atoms with Gasteiger partial charge in [0.25, 0.3) is 0 Å². The number of hydrogen-bond acceptors (Lipinski definition) is 4. The maximum atomic E-state index is 9.93. The van der Waals surface area contributed by atoms with Crippen molar-refractivity contribution in [2.45, 2.75) is 19.1 Å². The van der Waals surface area contributed by atoms with Crippen molar-refractivity contribution in [3.8, 4) is 0 Å². The SMILES string of the molecule is COCCOCC(O)CN(C)C(C)c1ccc(Cl)cc1. The molecule has 4 nitrogen and oxygen atoms in total. The number of ether oxygens (including phenoxy) is 2. The highest BCUT2D eigenvalue weighted by molar-refractivity contribution is 6.30. The fraction of sp³-hybridized carbons (Fsp3) is 0.600. The second-order valence-electron chi connectivity index (χ2n) is 4.89. The average Bonchev–Trinajstić information content (AvgIpc) is 2.43. The van der Waals surface area contributed by atoms with E-state index < -0.39 is 6.10 Å². The minimum atomic E-state index is -0.508. The van der Waals surface area contributed by atoms with E-state index >= 15 is 0 Å². The van der Waals surface area contributed by atoms with Crippen molar-refractivity contribution in [3.05, 3.63) is 34.9 Å². The predicted octanol–water partition coefficient (Wildman–Crippen LogP) is 2.36. The predicted molar refractivity (Wildman–Crippen MR) is 81.2 cm³/mol. The Morgan fingerprint density at radius 2 is 1.90 bits per heavy atom. The van der Waals surface area contributed by atoms with Gasteiger partial charge in [-0.25, -0.2) is 0 Å². The molecule has 2 unspecified atom stereocenters. The van der Waals surface area contributed by atoms with E-state index in [1.54, 1.807) is 7.11 Å². The Bertz CT molecular complexity index is 372. The van der Waals surface area contributed by atoms with Gasteiger partial charge >= 0.3 is 0 Å². The van der Waals surface area contributed by atoms with Crippen LogP contribution in [0.2, 0.25) is 5.02 Å². The molecule has 1 N–H and O–H groups in total. The number of benzene rings is 1. The molecule has 0 amide bonds. The van der Waals surface area contributed by atoms with Gasteiger partial charge in [-0.15, -0.1) is 0 Å². The smallest absolute Gasteiger partial charge is 0.0900 e. The van der Waals surface area contributed by atoms with Gasteiger partial charge in [0.2, 0.25) is 0 Å². The molecular weight excluding hydrogens is 278 g/mol. The van der Waals surface area contributed by atoms with Crippen molar-refractivity contribution in [1.29, 1.82) is 0 Å². The maximum Gasteiger partial charge on any atom is 0.0900 e. The molecule has 0 aromatic heterocycles. The van der Waals surface area contributed by atoms with Crippen LogP contribution < -0.4 is 0 Å². The van der Waals surface area contributed by atoms with Crippen LogP contribution in [0.25, 0.3) is 0 Å². The number of nitrogens with zero attached hydrogens (tertiary/aromatic N) is 1. The van der Waals surface area contributed by atoms with Crippen LogP contribution in [0.3, 0.4) is 0 Å². The fourth-order valence-corrected chi connectivity index (χ4v) is 2.03. The number of likely N-dealkylation sites (N-methyl/N-ethyl adjacent to an activating group) is 1. The Hall–Kier alpha value is -0.650. The van der Waals surface area contributed by atoms with Crippen LogP contribution in [-0.2, 0) is 9.47 Å². The first-order chi connectivity index (χ1) is 9.54. The van der Waals surface area contributed by atoms with Crippen LogP contribution in [-0.4, -0.2) is 56.6 Å². The zero-order chi connectivity index (χ0) is 15.0. The van der Waals surface area contributed by atoms with Crippen LogP contribution in [0.15, 0.2) is 24.3 Å². The lowest BCUT2D eigenvalue weighted by Gasteiger charge is -2.27. The number of halogens is 1. The van der Waals surface area contributed by atoms with Crippen LogP contribution in [0, 0.1) is 0 Å². The second kappa shape index (κ2) is 9.32. The van der Waals surface area contributed by atoms with Gasteiger partial charge in [0.05, 0.1) is 25.9 Å². The molecule has 0 aliphatic carbocycles. The van der Waals surface area contributed by atoms with E-state index in [0.717, 1.165) is 5.02 Å². The molecule has 0 bridgehead atoms. The Morgan fingerprint density at radius 3 is 2.50 bits per heavy atom. The topological polar surface area (TPSA) is 41.9 Å². The minimum absolute atomic E-state index is 0.209. The van der Waals surface area contributed by atoms with Gasteiger partial charge in [-0.05, 0) is 31.7 Å². The molecule has 0 saturated heterocycles. The molecule has 0 heterocycles. The van der Waals surface area contributed by atoms with Gasteiger partial charge in [0, 0.05) is 24.7 Å². The third-order valence-corrected chi connectivity index (χ3v) is 3.51. The van der Waals surface area contributed by atoms with Crippen LogP contribution in [0.4, 0.5) is 0 Å². The number of aliphatic hydroxyl groups is 1. The average molecular weight is 302 g/mol. The summed E-state index contributed by atoms with van der Waals surface area (Å²) in [6.45, 7) is 4.02. The summed E-state index contributed by atoms with van der Waals surface area (Å²) in [5.41, 5.74) is 1.17. The zero-order valence-corrected chi connectivity index (χ0v) is 13.1.